The van der Waals surface area contributed by atoms with Crippen LogP contribution < -0.4 is 0 Å². The second-order valence-corrected chi connectivity index (χ2v) is 1.35. The molecule has 0 aliphatic heterocycles. The summed E-state index contributed by atoms with van der Waals surface area (Å²) in [7, 11) is 0. The van der Waals surface area contributed by atoms with E-state index in [1.54, 1.807) is 6.92 Å². The standard InChI is InChI=1S/C4H5ClO2.Tl/c1-2-3(5)4(6)7;/h2H,1H3,(H,6,7);. The number of carboxylic acids is 1. The van der Waals surface area contributed by atoms with Crippen LogP contribution in [0.1, 0.15) is 6.92 Å². The van der Waals surface area contributed by atoms with Crippen LogP contribution in [0.15, 0.2) is 11.1 Å². The van der Waals surface area contributed by atoms with Crippen molar-refractivity contribution >= 4 is 44.9 Å². The Morgan fingerprint density at radius 1 is 1.75 bits per heavy atom. The summed E-state index contributed by atoms with van der Waals surface area (Å²) in [4.78, 5) is 9.73. The first-order chi connectivity index (χ1) is 3.18. The Hall–Kier alpha value is 0.422. The molecule has 0 heterocycles. The van der Waals surface area contributed by atoms with Gasteiger partial charge in [0.1, 0.15) is 5.03 Å². The molecule has 2 nitrogen and oxygen atoms in total. The Balaban J connectivity index is 0. The first-order valence-electron chi connectivity index (χ1n) is 1.73. The van der Waals surface area contributed by atoms with Crippen LogP contribution >= 0.6 is 11.6 Å². The van der Waals surface area contributed by atoms with Gasteiger partial charge < -0.3 is 5.11 Å². The molecular weight excluding hydrogens is 320 g/mol. The number of carbonyl (C=O) groups is 1. The van der Waals surface area contributed by atoms with Gasteiger partial charge in [-0.15, -0.1) is 0 Å². The molecule has 0 atom stereocenters. The largest absolute Gasteiger partial charge is 0.477 e. The van der Waals surface area contributed by atoms with Gasteiger partial charge in [0.15, 0.2) is 0 Å². The third-order valence-corrected chi connectivity index (χ3v) is 0.838. The molecule has 0 aromatic rings. The summed E-state index contributed by atoms with van der Waals surface area (Å²) >= 11 is 5.06. The van der Waals surface area contributed by atoms with Crippen molar-refractivity contribution < 1.29 is 9.90 Å². The topological polar surface area (TPSA) is 37.3 Å². The van der Waals surface area contributed by atoms with E-state index in [2.05, 4.69) is 0 Å². The van der Waals surface area contributed by atoms with Gasteiger partial charge in [-0.05, 0) is 6.92 Å². The molecular formula is C4H5ClO2Tl. The van der Waals surface area contributed by atoms with Crippen LogP contribution in [0.5, 0.6) is 0 Å². The van der Waals surface area contributed by atoms with Crippen LogP contribution in [0, 0.1) is 0 Å². The fraction of sp³-hybridized carbons (Fsp3) is 0.250. The Morgan fingerprint density at radius 2 is 2.12 bits per heavy atom. The summed E-state index contributed by atoms with van der Waals surface area (Å²) in [5.74, 6) is -1.08. The van der Waals surface area contributed by atoms with Crippen LogP contribution in [0.25, 0.3) is 0 Å². The fourth-order valence-electron chi connectivity index (χ4n) is 0.123. The van der Waals surface area contributed by atoms with Crippen LogP contribution in [0.4, 0.5) is 0 Å². The molecule has 0 fully saturated rings. The summed E-state index contributed by atoms with van der Waals surface area (Å²) in [6, 6.07) is 0. The van der Waals surface area contributed by atoms with Crippen molar-refractivity contribution in [2.24, 2.45) is 0 Å². The third-order valence-electron chi connectivity index (χ3n) is 0.458. The van der Waals surface area contributed by atoms with E-state index in [1.165, 1.54) is 6.08 Å². The van der Waals surface area contributed by atoms with Crippen LogP contribution in [-0.4, -0.2) is 38.4 Å². The number of allylic oxidation sites excluding steroid dienone is 1. The average molecular weight is 325 g/mol. The normalized spacial score (nSPS) is 10.0. The maximum Gasteiger partial charge on any atom is 0.346 e. The molecule has 1 radical (unpaired) electrons. The van der Waals surface area contributed by atoms with Gasteiger partial charge in [-0.2, -0.15) is 0 Å². The SMILES string of the molecule is CC=C(Cl)C(=O)O.[Tl]. The summed E-state index contributed by atoms with van der Waals surface area (Å²) in [5.41, 5.74) is 0. The number of carboxylic acid groups (broad SMARTS) is 1. The molecule has 0 spiro atoms. The van der Waals surface area contributed by atoms with E-state index < -0.39 is 5.97 Å². The van der Waals surface area contributed by atoms with Gasteiger partial charge in [0.25, 0.3) is 0 Å². The minimum absolute atomic E-state index is 0. The van der Waals surface area contributed by atoms with Gasteiger partial charge in [0, 0.05) is 27.3 Å². The fourth-order valence-corrected chi connectivity index (χ4v) is 0.123. The molecule has 0 aliphatic rings. The predicted molar refractivity (Wildman–Crippen MR) is 33.0 cm³/mol. The van der Waals surface area contributed by atoms with Crippen molar-refractivity contribution in [1.29, 1.82) is 0 Å². The third kappa shape index (κ3) is 4.58. The van der Waals surface area contributed by atoms with Crippen molar-refractivity contribution in [3.63, 3.8) is 0 Å². The van der Waals surface area contributed by atoms with E-state index in [-0.39, 0.29) is 32.3 Å². The molecule has 0 saturated heterocycles. The second kappa shape index (κ2) is 5.56. The minimum Gasteiger partial charge on any atom is -0.477 e. The van der Waals surface area contributed by atoms with E-state index >= 15 is 0 Å². The summed E-state index contributed by atoms with van der Waals surface area (Å²) in [6.07, 6.45) is 1.32. The van der Waals surface area contributed by atoms with Gasteiger partial charge in [-0.1, -0.05) is 17.7 Å². The molecule has 0 aromatic carbocycles. The van der Waals surface area contributed by atoms with Gasteiger partial charge in [0.05, 0.1) is 0 Å². The molecule has 0 saturated carbocycles. The summed E-state index contributed by atoms with van der Waals surface area (Å²) < 4.78 is 0. The maximum atomic E-state index is 9.73. The molecule has 0 aliphatic carbocycles. The van der Waals surface area contributed by atoms with Crippen molar-refractivity contribution in [3.05, 3.63) is 11.1 Å². The maximum absolute atomic E-state index is 9.73. The predicted octanol–water partition coefficient (Wildman–Crippen LogP) is 0.833. The van der Waals surface area contributed by atoms with Gasteiger partial charge in [-0.25, -0.2) is 4.79 Å². The van der Waals surface area contributed by atoms with Crippen LogP contribution in [-0.2, 0) is 4.79 Å². The molecule has 43 valence electrons. The molecule has 0 bridgehead atoms. The zero-order chi connectivity index (χ0) is 5.86. The second-order valence-electron chi connectivity index (χ2n) is 0.942. The summed E-state index contributed by atoms with van der Waals surface area (Å²) in [6.45, 7) is 1.57. The molecule has 0 unspecified atom stereocenters. The first kappa shape index (κ1) is 11.2. The number of aliphatic carboxylic acids is 1. The molecule has 1 N–H and O–H groups in total. The van der Waals surface area contributed by atoms with E-state index in [0.717, 1.165) is 0 Å². The quantitative estimate of drug-likeness (QED) is 0.573. The Bertz CT molecular complexity index is 111. The van der Waals surface area contributed by atoms with Crippen molar-refractivity contribution in [2.45, 2.75) is 6.92 Å². The van der Waals surface area contributed by atoms with Gasteiger partial charge >= 0.3 is 5.97 Å². The first-order valence-corrected chi connectivity index (χ1v) is 2.11. The number of rotatable bonds is 1. The van der Waals surface area contributed by atoms with E-state index in [4.69, 9.17) is 16.7 Å². The van der Waals surface area contributed by atoms with Crippen LogP contribution in [0.3, 0.4) is 0 Å². The summed E-state index contributed by atoms with van der Waals surface area (Å²) in [5, 5.41) is 7.84. The number of hydrogen-bond acceptors (Lipinski definition) is 1. The van der Waals surface area contributed by atoms with Crippen LogP contribution in [0.2, 0.25) is 0 Å². The van der Waals surface area contributed by atoms with Crippen molar-refractivity contribution in [3.8, 4) is 0 Å². The van der Waals surface area contributed by atoms with E-state index in [1.807, 2.05) is 0 Å². The molecule has 0 amide bonds. The minimum atomic E-state index is -1.08. The molecule has 4 heteroatoms. The van der Waals surface area contributed by atoms with E-state index in [0.29, 0.717) is 0 Å². The Kier molecular flexibility index (Phi) is 7.81. The molecule has 0 rings (SSSR count). The van der Waals surface area contributed by atoms with Gasteiger partial charge in [-0.3, -0.25) is 0 Å². The monoisotopic (exact) mass is 325 g/mol. The Morgan fingerprint density at radius 3 is 2.12 bits per heavy atom. The average Bonchev–Trinajstić information content (AvgIpc) is 1.65. The molecule has 0 aromatic heterocycles. The van der Waals surface area contributed by atoms with Gasteiger partial charge in [0.2, 0.25) is 0 Å². The van der Waals surface area contributed by atoms with Crippen molar-refractivity contribution in [1.82, 2.24) is 0 Å². The van der Waals surface area contributed by atoms with E-state index in [9.17, 15) is 4.79 Å². The number of halogens is 1. The van der Waals surface area contributed by atoms with Crippen molar-refractivity contribution in [2.75, 3.05) is 0 Å². The molecule has 8 heavy (non-hydrogen) atoms. The Labute approximate surface area is 72.7 Å². The number of hydrogen-bond donors (Lipinski definition) is 1. The smallest absolute Gasteiger partial charge is 0.346 e. The zero-order valence-corrected chi connectivity index (χ0v) is 9.63. The zero-order valence-electron chi connectivity index (χ0n) is 4.39.